The van der Waals surface area contributed by atoms with Crippen LogP contribution in [0.3, 0.4) is 0 Å². The Hall–Kier alpha value is -1.15. The van der Waals surface area contributed by atoms with E-state index >= 15 is 0 Å². The van der Waals surface area contributed by atoms with E-state index in [2.05, 4.69) is 4.72 Å². The van der Waals surface area contributed by atoms with Gasteiger partial charge in [0.05, 0.1) is 6.61 Å². The zero-order valence-corrected chi connectivity index (χ0v) is 13.3. The van der Waals surface area contributed by atoms with E-state index in [0.29, 0.717) is 39.1 Å². The molecule has 7 heteroatoms. The molecular formula is C15H22N2O4S. The Morgan fingerprint density at radius 1 is 1.14 bits per heavy atom. The van der Waals surface area contributed by atoms with Crippen LogP contribution in [0.4, 0.5) is 0 Å². The largest absolute Gasteiger partial charge is 0.490 e. The van der Waals surface area contributed by atoms with Crippen LogP contribution >= 0.6 is 0 Å². The van der Waals surface area contributed by atoms with Crippen molar-refractivity contribution in [2.24, 2.45) is 0 Å². The van der Waals surface area contributed by atoms with Crippen molar-refractivity contribution in [2.75, 3.05) is 26.3 Å². The van der Waals surface area contributed by atoms with Gasteiger partial charge in [0, 0.05) is 38.6 Å². The molecule has 0 bridgehead atoms. The number of nitrogens with zero attached hydrogens (tertiary/aromatic N) is 1. The van der Waals surface area contributed by atoms with Crippen molar-refractivity contribution in [3.05, 3.63) is 30.3 Å². The lowest BCUT2D eigenvalue weighted by molar-refractivity contribution is 0.0935. The first-order valence-electron chi connectivity index (χ1n) is 7.70. The van der Waals surface area contributed by atoms with Crippen molar-refractivity contribution in [1.82, 2.24) is 9.03 Å². The van der Waals surface area contributed by atoms with E-state index in [1.165, 1.54) is 4.31 Å². The highest BCUT2D eigenvalue weighted by Gasteiger charge is 2.35. The van der Waals surface area contributed by atoms with Gasteiger partial charge in [-0.15, -0.1) is 0 Å². The van der Waals surface area contributed by atoms with Crippen molar-refractivity contribution >= 4 is 10.2 Å². The molecule has 0 radical (unpaired) electrons. The molecule has 1 N–H and O–H groups in total. The molecule has 0 amide bonds. The van der Waals surface area contributed by atoms with Crippen molar-refractivity contribution < 1.29 is 17.9 Å². The predicted octanol–water partition coefficient (Wildman–Crippen LogP) is 1.15. The average Bonchev–Trinajstić information content (AvgIpc) is 2.75. The van der Waals surface area contributed by atoms with Crippen LogP contribution in [-0.4, -0.2) is 51.2 Å². The fourth-order valence-electron chi connectivity index (χ4n) is 2.70. The second-order valence-corrected chi connectivity index (χ2v) is 7.41. The van der Waals surface area contributed by atoms with Crippen LogP contribution in [0, 0.1) is 0 Å². The second-order valence-electron chi connectivity index (χ2n) is 5.71. The molecule has 1 aromatic rings. The fourth-order valence-corrected chi connectivity index (χ4v) is 4.15. The lowest BCUT2D eigenvalue weighted by Gasteiger charge is -2.36. The third-order valence-corrected chi connectivity index (χ3v) is 5.65. The van der Waals surface area contributed by atoms with E-state index in [-0.39, 0.29) is 12.1 Å². The molecule has 2 fully saturated rings. The van der Waals surface area contributed by atoms with Crippen molar-refractivity contribution in [3.8, 4) is 5.75 Å². The molecule has 2 aliphatic rings. The van der Waals surface area contributed by atoms with Crippen LogP contribution in [-0.2, 0) is 14.9 Å². The molecule has 0 spiro atoms. The van der Waals surface area contributed by atoms with Gasteiger partial charge in [-0.2, -0.15) is 17.4 Å². The number of hydrogen-bond acceptors (Lipinski definition) is 4. The van der Waals surface area contributed by atoms with E-state index < -0.39 is 10.2 Å². The van der Waals surface area contributed by atoms with Gasteiger partial charge in [0.15, 0.2) is 0 Å². The molecule has 6 nitrogen and oxygen atoms in total. The minimum atomic E-state index is -3.42. The first-order valence-corrected chi connectivity index (χ1v) is 9.14. The van der Waals surface area contributed by atoms with E-state index in [9.17, 15) is 8.42 Å². The monoisotopic (exact) mass is 326 g/mol. The van der Waals surface area contributed by atoms with Crippen LogP contribution in [0.15, 0.2) is 30.3 Å². The summed E-state index contributed by atoms with van der Waals surface area (Å²) in [4.78, 5) is 0. The highest BCUT2D eigenvalue weighted by Crippen LogP contribution is 2.26. The van der Waals surface area contributed by atoms with Gasteiger partial charge in [0.2, 0.25) is 0 Å². The molecule has 22 heavy (non-hydrogen) atoms. The molecule has 1 aliphatic carbocycles. The number of benzene rings is 1. The van der Waals surface area contributed by atoms with Gasteiger partial charge in [0.25, 0.3) is 10.2 Å². The molecule has 3 rings (SSSR count). The van der Waals surface area contributed by atoms with Crippen LogP contribution in [0.5, 0.6) is 5.75 Å². The van der Waals surface area contributed by atoms with Crippen LogP contribution in [0.25, 0.3) is 0 Å². The summed E-state index contributed by atoms with van der Waals surface area (Å²) in [6.45, 7) is 2.03. The Balaban J connectivity index is 1.46. The van der Waals surface area contributed by atoms with Gasteiger partial charge in [-0.3, -0.25) is 0 Å². The summed E-state index contributed by atoms with van der Waals surface area (Å²) in [6, 6.07) is 9.58. The normalized spacial score (nSPS) is 26.9. The van der Waals surface area contributed by atoms with Crippen molar-refractivity contribution in [2.45, 2.75) is 31.4 Å². The quantitative estimate of drug-likeness (QED) is 0.881. The number of nitrogens with one attached hydrogen (secondary N) is 1. The number of ether oxygens (including phenoxy) is 2. The maximum atomic E-state index is 12.3. The number of hydrogen-bond donors (Lipinski definition) is 1. The summed E-state index contributed by atoms with van der Waals surface area (Å²) in [5.41, 5.74) is 0. The molecule has 1 aliphatic heterocycles. The first-order chi connectivity index (χ1) is 10.6. The maximum Gasteiger partial charge on any atom is 0.279 e. The smallest absolute Gasteiger partial charge is 0.279 e. The van der Waals surface area contributed by atoms with Gasteiger partial charge in [0.1, 0.15) is 11.9 Å². The standard InChI is InChI=1S/C15H22N2O4S/c18-22(19,17-7-4-9-20-10-8-17)16-13-11-15(12-13)21-14-5-2-1-3-6-14/h1-3,5-6,13,15-16H,4,7-12H2. The summed E-state index contributed by atoms with van der Waals surface area (Å²) >= 11 is 0. The lowest BCUT2D eigenvalue weighted by atomic mass is 9.90. The van der Waals surface area contributed by atoms with Crippen LogP contribution < -0.4 is 9.46 Å². The number of para-hydroxylation sites is 1. The average molecular weight is 326 g/mol. The molecule has 1 saturated heterocycles. The Bertz CT molecular complexity index is 564. The summed E-state index contributed by atoms with van der Waals surface area (Å²) < 4.78 is 40.0. The summed E-state index contributed by atoms with van der Waals surface area (Å²) in [5.74, 6) is 0.832. The molecule has 1 aromatic carbocycles. The van der Waals surface area contributed by atoms with Crippen molar-refractivity contribution in [3.63, 3.8) is 0 Å². The summed E-state index contributed by atoms with van der Waals surface area (Å²) in [7, 11) is -3.42. The van der Waals surface area contributed by atoms with Gasteiger partial charge in [-0.05, 0) is 18.6 Å². The molecule has 122 valence electrons. The second kappa shape index (κ2) is 6.95. The molecule has 0 atom stereocenters. The van der Waals surface area contributed by atoms with Crippen LogP contribution in [0.1, 0.15) is 19.3 Å². The molecule has 0 aromatic heterocycles. The zero-order chi connectivity index (χ0) is 15.4. The van der Waals surface area contributed by atoms with Gasteiger partial charge >= 0.3 is 0 Å². The fraction of sp³-hybridized carbons (Fsp3) is 0.600. The minimum Gasteiger partial charge on any atom is -0.490 e. The third kappa shape index (κ3) is 3.98. The Morgan fingerprint density at radius 3 is 2.68 bits per heavy atom. The molecular weight excluding hydrogens is 304 g/mol. The van der Waals surface area contributed by atoms with E-state index in [0.717, 1.165) is 12.2 Å². The maximum absolute atomic E-state index is 12.3. The highest BCUT2D eigenvalue weighted by atomic mass is 32.2. The Kier molecular flexibility index (Phi) is 4.97. The van der Waals surface area contributed by atoms with Gasteiger partial charge in [-0.1, -0.05) is 18.2 Å². The topological polar surface area (TPSA) is 67.9 Å². The Morgan fingerprint density at radius 2 is 1.91 bits per heavy atom. The molecule has 1 heterocycles. The first kappa shape index (κ1) is 15.7. The minimum absolute atomic E-state index is 0.0390. The number of rotatable bonds is 5. The molecule has 0 unspecified atom stereocenters. The lowest BCUT2D eigenvalue weighted by Crippen LogP contribution is -2.53. The van der Waals surface area contributed by atoms with E-state index in [1.54, 1.807) is 0 Å². The SMILES string of the molecule is O=S(=O)(NC1CC(Oc2ccccc2)C1)N1CCCOCC1. The molecule has 1 saturated carbocycles. The van der Waals surface area contributed by atoms with Crippen molar-refractivity contribution in [1.29, 1.82) is 0 Å². The predicted molar refractivity (Wildman–Crippen MR) is 82.9 cm³/mol. The third-order valence-electron chi connectivity index (χ3n) is 3.98. The highest BCUT2D eigenvalue weighted by molar-refractivity contribution is 7.87. The summed E-state index contributed by atoms with van der Waals surface area (Å²) in [6.07, 6.45) is 2.24. The summed E-state index contributed by atoms with van der Waals surface area (Å²) in [5, 5.41) is 0. The van der Waals surface area contributed by atoms with E-state index in [4.69, 9.17) is 9.47 Å². The zero-order valence-electron chi connectivity index (χ0n) is 12.5. The van der Waals surface area contributed by atoms with E-state index in [1.807, 2.05) is 30.3 Å². The van der Waals surface area contributed by atoms with Gasteiger partial charge < -0.3 is 9.47 Å². The van der Waals surface area contributed by atoms with Gasteiger partial charge in [-0.25, -0.2) is 0 Å². The Labute approximate surface area is 131 Å². The van der Waals surface area contributed by atoms with Crippen LogP contribution in [0.2, 0.25) is 0 Å².